The van der Waals surface area contributed by atoms with Crippen LogP contribution in [0.1, 0.15) is 62.2 Å². The highest BCUT2D eigenvalue weighted by Crippen LogP contribution is 2.55. The van der Waals surface area contributed by atoms with Gasteiger partial charge in [0.15, 0.2) is 0 Å². The molecule has 0 spiro atoms. The van der Waals surface area contributed by atoms with Crippen LogP contribution in [0, 0.1) is 27.9 Å². The first-order valence-corrected chi connectivity index (χ1v) is 10.2. The van der Waals surface area contributed by atoms with Gasteiger partial charge in [-0.15, -0.1) is 0 Å². The number of para-hydroxylation sites is 1. The highest BCUT2D eigenvalue weighted by Gasteiger charge is 2.51. The first kappa shape index (κ1) is 19.5. The minimum Gasteiger partial charge on any atom is -0.350 e. The van der Waals surface area contributed by atoms with Crippen molar-refractivity contribution < 1.29 is 14.5 Å². The topological polar surface area (TPSA) is 114 Å². The summed E-state index contributed by atoms with van der Waals surface area (Å²) in [5, 5.41) is 18.3. The van der Waals surface area contributed by atoms with Gasteiger partial charge in [0.05, 0.1) is 11.3 Å². The molecular weight excluding hydrogens is 372 g/mol. The van der Waals surface area contributed by atoms with Crippen molar-refractivity contribution in [3.8, 4) is 0 Å². The summed E-state index contributed by atoms with van der Waals surface area (Å²) in [6, 6.07) is 5.69. The lowest BCUT2D eigenvalue weighted by molar-refractivity contribution is -0.385. The van der Waals surface area contributed by atoms with Gasteiger partial charge in [0.25, 0.3) is 11.6 Å². The fourth-order valence-corrected chi connectivity index (χ4v) is 5.91. The van der Waals surface area contributed by atoms with Crippen molar-refractivity contribution in [3.63, 3.8) is 0 Å². The normalized spacial score (nSPS) is 30.1. The van der Waals surface area contributed by atoms with Crippen molar-refractivity contribution in [3.05, 3.63) is 39.9 Å². The highest BCUT2D eigenvalue weighted by atomic mass is 16.6. The largest absolute Gasteiger partial charge is 0.350 e. The standard InChI is InChI=1S/C21H26N4O4/c1-13(23-24-20(27)17-4-2-3-5-18(17)25(28)29)6-19(26)22-21-10-14-7-15(11-21)9-16(8-14)12-21/h2-5,14-16H,6-12H2,1H3,(H,22,26)(H,24,27)/b23-13+. The van der Waals surface area contributed by atoms with Crippen LogP contribution in [0.25, 0.3) is 0 Å². The van der Waals surface area contributed by atoms with Gasteiger partial charge in [-0.25, -0.2) is 5.43 Å². The Labute approximate surface area is 169 Å². The van der Waals surface area contributed by atoms with E-state index in [-0.39, 0.29) is 29.1 Å². The number of nitro benzene ring substituents is 1. The van der Waals surface area contributed by atoms with Crippen molar-refractivity contribution in [2.75, 3.05) is 0 Å². The third kappa shape index (κ3) is 4.16. The molecule has 0 saturated heterocycles. The second-order valence-electron chi connectivity index (χ2n) is 8.99. The van der Waals surface area contributed by atoms with Crippen LogP contribution in [-0.4, -0.2) is 28.0 Å². The number of nitrogens with one attached hydrogen (secondary N) is 2. The monoisotopic (exact) mass is 398 g/mol. The maximum absolute atomic E-state index is 12.6. The average Bonchev–Trinajstić information content (AvgIpc) is 2.64. The Morgan fingerprint density at radius 3 is 2.31 bits per heavy atom. The molecular formula is C21H26N4O4. The lowest BCUT2D eigenvalue weighted by Crippen LogP contribution is -2.60. The van der Waals surface area contributed by atoms with Gasteiger partial charge >= 0.3 is 0 Å². The number of hydrogen-bond donors (Lipinski definition) is 2. The SMILES string of the molecule is C/C(CC(=O)NC12CC3CC(CC(C3)C1)C2)=N\NC(=O)c1ccccc1[N+](=O)[O-]. The van der Waals surface area contributed by atoms with Crippen LogP contribution in [0.2, 0.25) is 0 Å². The number of benzene rings is 1. The number of nitro groups is 1. The molecule has 4 aliphatic rings. The molecule has 0 atom stereocenters. The Morgan fingerprint density at radius 1 is 1.14 bits per heavy atom. The van der Waals surface area contributed by atoms with Crippen LogP contribution >= 0.6 is 0 Å². The summed E-state index contributed by atoms with van der Waals surface area (Å²) in [5.41, 5.74) is 2.38. The molecule has 8 heteroatoms. The number of hydrazone groups is 1. The Bertz CT molecular complexity index is 844. The van der Waals surface area contributed by atoms with E-state index < -0.39 is 10.8 Å². The maximum Gasteiger partial charge on any atom is 0.282 e. The average molecular weight is 398 g/mol. The summed E-state index contributed by atoms with van der Waals surface area (Å²) in [4.78, 5) is 35.3. The second-order valence-corrected chi connectivity index (χ2v) is 8.99. The van der Waals surface area contributed by atoms with Crippen LogP contribution < -0.4 is 10.7 Å². The molecule has 0 aliphatic heterocycles. The zero-order valence-corrected chi connectivity index (χ0v) is 16.5. The van der Waals surface area contributed by atoms with E-state index in [1.165, 1.54) is 37.5 Å². The molecule has 2 N–H and O–H groups in total. The molecule has 29 heavy (non-hydrogen) atoms. The van der Waals surface area contributed by atoms with Crippen molar-refractivity contribution in [2.45, 2.75) is 57.4 Å². The summed E-state index contributed by atoms with van der Waals surface area (Å²) < 4.78 is 0. The van der Waals surface area contributed by atoms with Crippen LogP contribution in [0.5, 0.6) is 0 Å². The van der Waals surface area contributed by atoms with Crippen molar-refractivity contribution >= 4 is 23.2 Å². The molecule has 4 bridgehead atoms. The van der Waals surface area contributed by atoms with Gasteiger partial charge in [-0.05, 0) is 69.3 Å². The number of carbonyl (C=O) groups excluding carboxylic acids is 2. The Balaban J connectivity index is 1.34. The van der Waals surface area contributed by atoms with Crippen molar-refractivity contribution in [1.82, 2.24) is 10.7 Å². The molecule has 2 amide bonds. The number of nitrogens with zero attached hydrogens (tertiary/aromatic N) is 2. The highest BCUT2D eigenvalue weighted by molar-refractivity contribution is 6.02. The lowest BCUT2D eigenvalue weighted by Gasteiger charge is -2.56. The van der Waals surface area contributed by atoms with Gasteiger partial charge < -0.3 is 5.32 Å². The second kappa shape index (κ2) is 7.57. The van der Waals surface area contributed by atoms with Gasteiger partial charge in [-0.3, -0.25) is 19.7 Å². The molecule has 0 unspecified atom stereocenters. The van der Waals surface area contributed by atoms with E-state index in [0.717, 1.165) is 37.0 Å². The van der Waals surface area contributed by atoms with Gasteiger partial charge in [0, 0.05) is 17.3 Å². The third-order valence-electron chi connectivity index (χ3n) is 6.55. The van der Waals surface area contributed by atoms with Crippen LogP contribution in [0.4, 0.5) is 5.69 Å². The molecule has 154 valence electrons. The van der Waals surface area contributed by atoms with Crippen LogP contribution in [0.15, 0.2) is 29.4 Å². The van der Waals surface area contributed by atoms with Gasteiger partial charge in [0.2, 0.25) is 5.91 Å². The van der Waals surface area contributed by atoms with E-state index >= 15 is 0 Å². The van der Waals surface area contributed by atoms with Gasteiger partial charge in [-0.1, -0.05) is 12.1 Å². The molecule has 4 fully saturated rings. The Morgan fingerprint density at radius 2 is 1.72 bits per heavy atom. The third-order valence-corrected chi connectivity index (χ3v) is 6.55. The summed E-state index contributed by atoms with van der Waals surface area (Å²) in [6.07, 6.45) is 7.27. The predicted octanol–water partition coefficient (Wildman–Crippen LogP) is 3.18. The van der Waals surface area contributed by atoms with Crippen LogP contribution in [-0.2, 0) is 4.79 Å². The molecule has 1 aromatic rings. The number of rotatable bonds is 6. The maximum atomic E-state index is 12.6. The quantitative estimate of drug-likeness (QED) is 0.435. The minimum absolute atomic E-state index is 0.0555. The first-order chi connectivity index (χ1) is 13.8. The number of amides is 2. The molecule has 0 radical (unpaired) electrons. The van der Waals surface area contributed by atoms with Gasteiger partial charge in [-0.2, -0.15) is 5.10 Å². The van der Waals surface area contributed by atoms with E-state index in [0.29, 0.717) is 5.71 Å². The van der Waals surface area contributed by atoms with E-state index in [2.05, 4.69) is 15.8 Å². The molecule has 8 nitrogen and oxygen atoms in total. The van der Waals surface area contributed by atoms with Crippen molar-refractivity contribution in [2.24, 2.45) is 22.9 Å². The van der Waals surface area contributed by atoms with E-state index in [1.807, 2.05) is 0 Å². The fraction of sp³-hybridized carbons (Fsp3) is 0.571. The summed E-state index contributed by atoms with van der Waals surface area (Å²) in [7, 11) is 0. The fourth-order valence-electron chi connectivity index (χ4n) is 5.91. The Hall–Kier alpha value is -2.77. The molecule has 0 heterocycles. The van der Waals surface area contributed by atoms with E-state index in [9.17, 15) is 19.7 Å². The summed E-state index contributed by atoms with van der Waals surface area (Å²) >= 11 is 0. The zero-order valence-electron chi connectivity index (χ0n) is 16.5. The van der Waals surface area contributed by atoms with Gasteiger partial charge in [0.1, 0.15) is 5.56 Å². The Kier molecular flexibility index (Phi) is 5.10. The lowest BCUT2D eigenvalue weighted by atomic mass is 9.53. The van der Waals surface area contributed by atoms with E-state index in [1.54, 1.807) is 13.0 Å². The first-order valence-electron chi connectivity index (χ1n) is 10.2. The predicted molar refractivity (Wildman–Crippen MR) is 107 cm³/mol. The van der Waals surface area contributed by atoms with Crippen molar-refractivity contribution in [1.29, 1.82) is 0 Å². The zero-order chi connectivity index (χ0) is 20.6. The number of hydrogen-bond acceptors (Lipinski definition) is 5. The molecule has 4 saturated carbocycles. The van der Waals surface area contributed by atoms with Crippen LogP contribution in [0.3, 0.4) is 0 Å². The summed E-state index contributed by atoms with van der Waals surface area (Å²) in [6.45, 7) is 1.67. The minimum atomic E-state index is -0.668. The smallest absolute Gasteiger partial charge is 0.282 e. The van der Waals surface area contributed by atoms with E-state index in [4.69, 9.17) is 0 Å². The molecule has 5 rings (SSSR count). The molecule has 4 aliphatic carbocycles. The summed E-state index contributed by atoms with van der Waals surface area (Å²) in [5.74, 6) is 1.50. The number of carbonyl (C=O) groups is 2. The molecule has 0 aromatic heterocycles. The molecule has 1 aromatic carbocycles.